The second kappa shape index (κ2) is 5.13. The molecule has 0 aliphatic carbocycles. The van der Waals surface area contributed by atoms with Gasteiger partial charge in [0.25, 0.3) is 0 Å². The van der Waals surface area contributed by atoms with Crippen molar-refractivity contribution < 1.29 is 0 Å². The van der Waals surface area contributed by atoms with Gasteiger partial charge in [0, 0.05) is 30.4 Å². The molecule has 0 radical (unpaired) electrons. The second-order valence-electron chi connectivity index (χ2n) is 6.11. The van der Waals surface area contributed by atoms with E-state index in [4.69, 9.17) is 4.98 Å². The normalized spacial score (nSPS) is 14.9. The van der Waals surface area contributed by atoms with E-state index in [0.29, 0.717) is 0 Å². The first-order valence-electron chi connectivity index (χ1n) is 7.90. The van der Waals surface area contributed by atoms with E-state index < -0.39 is 0 Å². The first-order chi connectivity index (χ1) is 10.7. The van der Waals surface area contributed by atoms with Crippen LogP contribution in [0.15, 0.2) is 36.5 Å². The van der Waals surface area contributed by atoms with E-state index in [1.54, 1.807) is 0 Å². The summed E-state index contributed by atoms with van der Waals surface area (Å²) in [5.41, 5.74) is 5.53. The van der Waals surface area contributed by atoms with Gasteiger partial charge in [0.15, 0.2) is 5.65 Å². The Kier molecular flexibility index (Phi) is 3.10. The van der Waals surface area contributed by atoms with Crippen LogP contribution in [-0.4, -0.2) is 27.7 Å². The van der Waals surface area contributed by atoms with Crippen LogP contribution >= 0.6 is 0 Å². The van der Waals surface area contributed by atoms with Gasteiger partial charge in [0.1, 0.15) is 5.82 Å². The molecule has 0 saturated carbocycles. The fourth-order valence-electron chi connectivity index (χ4n) is 3.17. The van der Waals surface area contributed by atoms with Crippen molar-refractivity contribution in [2.24, 2.45) is 0 Å². The molecule has 0 bridgehead atoms. The van der Waals surface area contributed by atoms with Gasteiger partial charge in [0.05, 0.1) is 6.20 Å². The summed E-state index contributed by atoms with van der Waals surface area (Å²) in [7, 11) is 0. The molecule has 3 heterocycles. The van der Waals surface area contributed by atoms with Crippen molar-refractivity contribution in [3.63, 3.8) is 0 Å². The van der Waals surface area contributed by atoms with Crippen molar-refractivity contribution >= 4 is 11.5 Å². The van der Waals surface area contributed by atoms with Crippen molar-refractivity contribution in [2.45, 2.75) is 26.7 Å². The van der Waals surface area contributed by atoms with Crippen LogP contribution in [-0.2, 0) is 0 Å². The van der Waals surface area contributed by atoms with E-state index in [0.717, 1.165) is 30.0 Å². The molecule has 22 heavy (non-hydrogen) atoms. The molecule has 3 aromatic rings. The number of anilines is 1. The van der Waals surface area contributed by atoms with Gasteiger partial charge in [-0.3, -0.25) is 0 Å². The molecule has 0 amide bonds. The molecule has 2 aromatic heterocycles. The predicted molar refractivity (Wildman–Crippen MR) is 89.3 cm³/mol. The summed E-state index contributed by atoms with van der Waals surface area (Å²) >= 11 is 0. The lowest BCUT2D eigenvalue weighted by Crippen LogP contribution is -2.21. The van der Waals surface area contributed by atoms with Crippen LogP contribution in [0.5, 0.6) is 0 Å². The predicted octanol–water partition coefficient (Wildman–Crippen LogP) is 3.61. The summed E-state index contributed by atoms with van der Waals surface area (Å²) in [6.07, 6.45) is 4.45. The van der Waals surface area contributed by atoms with Crippen LogP contribution in [0.1, 0.15) is 24.1 Å². The number of benzene rings is 1. The van der Waals surface area contributed by atoms with Crippen molar-refractivity contribution in [3.05, 3.63) is 47.8 Å². The van der Waals surface area contributed by atoms with Crippen LogP contribution in [0.2, 0.25) is 0 Å². The molecule has 1 fully saturated rings. The summed E-state index contributed by atoms with van der Waals surface area (Å²) in [4.78, 5) is 7.15. The van der Waals surface area contributed by atoms with Gasteiger partial charge in [-0.05, 0) is 32.3 Å². The molecule has 4 nitrogen and oxygen atoms in total. The Morgan fingerprint density at radius 3 is 2.45 bits per heavy atom. The maximum atomic E-state index is 4.74. The number of hydrogen-bond donors (Lipinski definition) is 0. The number of rotatable bonds is 2. The molecular formula is C18H20N4. The van der Waals surface area contributed by atoms with Crippen LogP contribution in [0, 0.1) is 13.8 Å². The number of fused-ring (bicyclic) bond motifs is 1. The summed E-state index contributed by atoms with van der Waals surface area (Å²) in [6, 6.07) is 10.7. The van der Waals surface area contributed by atoms with Gasteiger partial charge in [-0.1, -0.05) is 29.8 Å². The van der Waals surface area contributed by atoms with Gasteiger partial charge >= 0.3 is 0 Å². The van der Waals surface area contributed by atoms with E-state index in [-0.39, 0.29) is 0 Å². The largest absolute Gasteiger partial charge is 0.356 e. The van der Waals surface area contributed by atoms with Gasteiger partial charge in [-0.2, -0.15) is 9.61 Å². The molecule has 0 spiro atoms. The van der Waals surface area contributed by atoms with E-state index in [1.165, 1.54) is 29.8 Å². The summed E-state index contributed by atoms with van der Waals surface area (Å²) in [5.74, 6) is 1.17. The van der Waals surface area contributed by atoms with Crippen LogP contribution in [0.3, 0.4) is 0 Å². The Labute approximate surface area is 130 Å². The molecule has 4 rings (SSSR count). The monoisotopic (exact) mass is 292 g/mol. The molecule has 4 heteroatoms. The zero-order valence-corrected chi connectivity index (χ0v) is 13.1. The van der Waals surface area contributed by atoms with E-state index in [1.807, 2.05) is 10.7 Å². The Bertz CT molecular complexity index is 811. The summed E-state index contributed by atoms with van der Waals surface area (Å²) < 4.78 is 1.99. The van der Waals surface area contributed by atoms with Crippen LogP contribution < -0.4 is 4.90 Å². The third-order valence-corrected chi connectivity index (χ3v) is 4.37. The lowest BCUT2D eigenvalue weighted by atomic mass is 10.1. The van der Waals surface area contributed by atoms with E-state index >= 15 is 0 Å². The van der Waals surface area contributed by atoms with Gasteiger partial charge in [-0.25, -0.2) is 4.98 Å². The molecule has 1 aliphatic rings. The third-order valence-electron chi connectivity index (χ3n) is 4.37. The van der Waals surface area contributed by atoms with Crippen molar-refractivity contribution in [2.75, 3.05) is 18.0 Å². The fraction of sp³-hybridized carbons (Fsp3) is 0.333. The molecule has 112 valence electrons. The smallest absolute Gasteiger partial charge is 0.165 e. The Balaban J connectivity index is 1.89. The minimum atomic E-state index is 0.950. The molecule has 1 aromatic carbocycles. The maximum absolute atomic E-state index is 4.74. The van der Waals surface area contributed by atoms with Crippen molar-refractivity contribution in [1.29, 1.82) is 0 Å². The van der Waals surface area contributed by atoms with E-state index in [9.17, 15) is 0 Å². The summed E-state index contributed by atoms with van der Waals surface area (Å²) in [5, 5.41) is 4.62. The van der Waals surface area contributed by atoms with Crippen molar-refractivity contribution in [3.8, 4) is 11.1 Å². The highest BCUT2D eigenvalue weighted by Gasteiger charge is 2.18. The number of aromatic nitrogens is 3. The molecule has 0 unspecified atom stereocenters. The minimum Gasteiger partial charge on any atom is -0.356 e. The highest BCUT2D eigenvalue weighted by Crippen LogP contribution is 2.28. The van der Waals surface area contributed by atoms with Crippen LogP contribution in [0.4, 0.5) is 5.82 Å². The zero-order chi connectivity index (χ0) is 15.1. The quantitative estimate of drug-likeness (QED) is 0.723. The lowest BCUT2D eigenvalue weighted by Gasteiger charge is -2.18. The Morgan fingerprint density at radius 2 is 1.73 bits per heavy atom. The van der Waals surface area contributed by atoms with Gasteiger partial charge in [-0.15, -0.1) is 0 Å². The summed E-state index contributed by atoms with van der Waals surface area (Å²) in [6.45, 7) is 6.38. The molecule has 0 N–H and O–H groups in total. The first-order valence-corrected chi connectivity index (χ1v) is 7.90. The molecule has 0 atom stereocenters. The second-order valence-corrected chi connectivity index (χ2v) is 6.11. The topological polar surface area (TPSA) is 33.4 Å². The average Bonchev–Trinajstić information content (AvgIpc) is 3.16. The molecule has 1 aliphatic heterocycles. The maximum Gasteiger partial charge on any atom is 0.165 e. The van der Waals surface area contributed by atoms with Gasteiger partial charge < -0.3 is 4.90 Å². The number of nitrogens with zero attached hydrogens (tertiary/aromatic N) is 4. The van der Waals surface area contributed by atoms with Crippen molar-refractivity contribution in [1.82, 2.24) is 14.6 Å². The standard InChI is InChI=1S/C18H20N4/c1-13-5-7-15(8-6-13)16-12-19-22-17(21-9-3-4-10-21)11-14(2)20-18(16)22/h5-8,11-12H,3-4,9-10H2,1-2H3. The number of aryl methyl sites for hydroxylation is 2. The number of hydrogen-bond acceptors (Lipinski definition) is 3. The average molecular weight is 292 g/mol. The Morgan fingerprint density at radius 1 is 1.00 bits per heavy atom. The molecular weight excluding hydrogens is 272 g/mol. The van der Waals surface area contributed by atoms with Crippen LogP contribution in [0.25, 0.3) is 16.8 Å². The highest BCUT2D eigenvalue weighted by molar-refractivity contribution is 5.78. The lowest BCUT2D eigenvalue weighted by molar-refractivity contribution is 0.845. The van der Waals surface area contributed by atoms with E-state index in [2.05, 4.69) is 54.2 Å². The Hall–Kier alpha value is -2.36. The minimum absolute atomic E-state index is 0.950. The first kappa shape index (κ1) is 13.3. The fourth-order valence-corrected chi connectivity index (χ4v) is 3.17. The zero-order valence-electron chi connectivity index (χ0n) is 13.1. The highest BCUT2D eigenvalue weighted by atomic mass is 15.3. The molecule has 1 saturated heterocycles. The van der Waals surface area contributed by atoms with Gasteiger partial charge in [0.2, 0.25) is 0 Å². The third kappa shape index (κ3) is 2.15. The SMILES string of the molecule is Cc1ccc(-c2cnn3c(N4CCCC4)cc(C)nc23)cc1.